The third kappa shape index (κ3) is 6.31. The van der Waals surface area contributed by atoms with Crippen molar-refractivity contribution in [2.24, 2.45) is 0 Å². The van der Waals surface area contributed by atoms with Gasteiger partial charge >= 0.3 is 6.03 Å². The number of hydrogen-bond acceptors (Lipinski definition) is 5. The van der Waals surface area contributed by atoms with Crippen LogP contribution < -0.4 is 14.8 Å². The molecular weight excluding hydrogens is 574 g/mol. The molecule has 0 spiro atoms. The number of amides is 3. The summed E-state index contributed by atoms with van der Waals surface area (Å²) in [6.45, 7) is 8.35. The number of nitrogens with one attached hydrogen (secondary N) is 1. The molecule has 0 bridgehead atoms. The quantitative estimate of drug-likeness (QED) is 0.121. The minimum Gasteiger partial charge on any atom is -0.494 e. The third-order valence-electron chi connectivity index (χ3n) is 8.41. The fourth-order valence-electron chi connectivity index (χ4n) is 6.09. The van der Waals surface area contributed by atoms with Crippen LogP contribution in [-0.2, 0) is 16.8 Å². The molecule has 0 saturated carbocycles. The SMILES string of the molecule is Cc1cccc2c(-c3cccc(OCCCN4C(=O)NC(C)(c5ccc(OC(C)C)cc5)C4=O)c3)c(Cc3ccccc3)cnc12. The predicted octanol–water partition coefficient (Wildman–Crippen LogP) is 7.82. The number of aromatic nitrogens is 1. The van der Waals surface area contributed by atoms with Gasteiger partial charge in [0.1, 0.15) is 17.0 Å². The van der Waals surface area contributed by atoms with Gasteiger partial charge in [-0.2, -0.15) is 0 Å². The summed E-state index contributed by atoms with van der Waals surface area (Å²) in [5.41, 5.74) is 6.26. The molecule has 0 radical (unpaired) electrons. The highest BCUT2D eigenvalue weighted by Crippen LogP contribution is 2.35. The van der Waals surface area contributed by atoms with Gasteiger partial charge in [-0.1, -0.05) is 72.8 Å². The molecule has 4 aromatic carbocycles. The maximum Gasteiger partial charge on any atom is 0.325 e. The predicted molar refractivity (Wildman–Crippen MR) is 181 cm³/mol. The number of ether oxygens (including phenoxy) is 2. The number of benzene rings is 4. The van der Waals surface area contributed by atoms with E-state index in [2.05, 4.69) is 66.8 Å². The van der Waals surface area contributed by atoms with Crippen molar-refractivity contribution in [1.29, 1.82) is 0 Å². The van der Waals surface area contributed by atoms with Gasteiger partial charge in [0, 0.05) is 18.1 Å². The number of imide groups is 1. The van der Waals surface area contributed by atoms with E-state index in [1.54, 1.807) is 6.92 Å². The fourth-order valence-corrected chi connectivity index (χ4v) is 6.09. The Bertz CT molecular complexity index is 1870. The molecule has 7 nitrogen and oxygen atoms in total. The number of hydrogen-bond donors (Lipinski definition) is 1. The number of rotatable bonds is 11. The van der Waals surface area contributed by atoms with Gasteiger partial charge in [0.2, 0.25) is 0 Å². The Morgan fingerprint density at radius 1 is 0.891 bits per heavy atom. The Morgan fingerprint density at radius 3 is 2.41 bits per heavy atom. The molecule has 3 amide bonds. The van der Waals surface area contributed by atoms with Crippen LogP contribution >= 0.6 is 0 Å². The van der Waals surface area contributed by atoms with E-state index < -0.39 is 11.6 Å². The molecule has 1 atom stereocenters. The maximum absolute atomic E-state index is 13.4. The van der Waals surface area contributed by atoms with Gasteiger partial charge in [-0.05, 0) is 98.2 Å². The van der Waals surface area contributed by atoms with Crippen molar-refractivity contribution in [3.05, 3.63) is 126 Å². The second-order valence-electron chi connectivity index (χ2n) is 12.2. The molecule has 1 N–H and O–H groups in total. The van der Waals surface area contributed by atoms with Crippen LogP contribution in [0, 0.1) is 6.92 Å². The van der Waals surface area contributed by atoms with Gasteiger partial charge in [0.05, 0.1) is 18.2 Å². The van der Waals surface area contributed by atoms with Crippen molar-refractivity contribution >= 4 is 22.8 Å². The molecule has 1 unspecified atom stereocenters. The maximum atomic E-state index is 13.4. The molecule has 1 fully saturated rings. The minimum atomic E-state index is -1.13. The van der Waals surface area contributed by atoms with Gasteiger partial charge in [-0.15, -0.1) is 0 Å². The summed E-state index contributed by atoms with van der Waals surface area (Å²) in [4.78, 5) is 32.4. The van der Waals surface area contributed by atoms with Crippen LogP contribution in [0.1, 0.15) is 49.4 Å². The van der Waals surface area contributed by atoms with E-state index in [1.165, 1.54) is 10.5 Å². The summed E-state index contributed by atoms with van der Waals surface area (Å²) >= 11 is 0. The highest BCUT2D eigenvalue weighted by Gasteiger charge is 2.48. The van der Waals surface area contributed by atoms with Crippen LogP contribution in [0.25, 0.3) is 22.0 Å². The smallest absolute Gasteiger partial charge is 0.325 e. The number of urea groups is 1. The van der Waals surface area contributed by atoms with E-state index in [0.29, 0.717) is 18.6 Å². The van der Waals surface area contributed by atoms with Crippen LogP contribution in [0.3, 0.4) is 0 Å². The zero-order valence-corrected chi connectivity index (χ0v) is 26.7. The largest absolute Gasteiger partial charge is 0.494 e. The molecule has 1 saturated heterocycles. The molecule has 6 rings (SSSR count). The molecule has 46 heavy (non-hydrogen) atoms. The van der Waals surface area contributed by atoms with Crippen molar-refractivity contribution in [1.82, 2.24) is 15.2 Å². The molecule has 1 aliphatic heterocycles. The molecule has 2 heterocycles. The van der Waals surface area contributed by atoms with E-state index in [-0.39, 0.29) is 18.6 Å². The lowest BCUT2D eigenvalue weighted by Gasteiger charge is -2.23. The normalized spacial score (nSPS) is 16.2. The average molecular weight is 614 g/mol. The second kappa shape index (κ2) is 13.1. The number of fused-ring (bicyclic) bond motifs is 1. The van der Waals surface area contributed by atoms with Crippen LogP contribution in [0.15, 0.2) is 103 Å². The third-order valence-corrected chi connectivity index (χ3v) is 8.41. The lowest BCUT2D eigenvalue weighted by Crippen LogP contribution is -2.41. The van der Waals surface area contributed by atoms with Gasteiger partial charge in [0.25, 0.3) is 5.91 Å². The number of aryl methyl sites for hydroxylation is 1. The summed E-state index contributed by atoms with van der Waals surface area (Å²) in [6, 6.07) is 31.7. The van der Waals surface area contributed by atoms with Crippen molar-refractivity contribution in [2.45, 2.75) is 52.2 Å². The van der Waals surface area contributed by atoms with Crippen LogP contribution in [0.4, 0.5) is 4.79 Å². The van der Waals surface area contributed by atoms with E-state index in [9.17, 15) is 9.59 Å². The average Bonchev–Trinajstić information content (AvgIpc) is 3.27. The van der Waals surface area contributed by atoms with Gasteiger partial charge in [-0.25, -0.2) is 4.79 Å². The first-order valence-corrected chi connectivity index (χ1v) is 15.8. The zero-order valence-electron chi connectivity index (χ0n) is 26.7. The lowest BCUT2D eigenvalue weighted by molar-refractivity contribution is -0.131. The van der Waals surface area contributed by atoms with Gasteiger partial charge in [-0.3, -0.25) is 14.7 Å². The number of carbonyl (C=O) groups is 2. The highest BCUT2D eigenvalue weighted by molar-refractivity contribution is 6.07. The molecule has 234 valence electrons. The molecule has 1 aliphatic rings. The van der Waals surface area contributed by atoms with Gasteiger partial charge < -0.3 is 14.8 Å². The summed E-state index contributed by atoms with van der Waals surface area (Å²) in [6.07, 6.45) is 3.30. The summed E-state index contributed by atoms with van der Waals surface area (Å²) in [7, 11) is 0. The molecule has 7 heteroatoms. The fraction of sp³-hybridized carbons (Fsp3) is 0.256. The Kier molecular flexibility index (Phi) is 8.75. The Balaban J connectivity index is 1.15. The number of nitrogens with zero attached hydrogens (tertiary/aromatic N) is 2. The van der Waals surface area contributed by atoms with E-state index in [1.807, 2.05) is 62.5 Å². The van der Waals surface area contributed by atoms with Crippen molar-refractivity contribution < 1.29 is 19.1 Å². The van der Waals surface area contributed by atoms with Crippen molar-refractivity contribution in [2.75, 3.05) is 13.2 Å². The summed E-state index contributed by atoms with van der Waals surface area (Å²) in [5, 5.41) is 3.99. The van der Waals surface area contributed by atoms with Crippen molar-refractivity contribution in [3.8, 4) is 22.6 Å². The minimum absolute atomic E-state index is 0.0475. The molecular formula is C39H39N3O4. The first-order valence-electron chi connectivity index (χ1n) is 15.8. The summed E-state index contributed by atoms with van der Waals surface area (Å²) in [5.74, 6) is 1.17. The number of carbonyl (C=O) groups excluding carboxylic acids is 2. The molecule has 0 aliphatic carbocycles. The molecule has 1 aromatic heterocycles. The van der Waals surface area contributed by atoms with E-state index in [0.717, 1.165) is 51.1 Å². The van der Waals surface area contributed by atoms with Gasteiger partial charge in [0.15, 0.2) is 0 Å². The van der Waals surface area contributed by atoms with E-state index in [4.69, 9.17) is 14.5 Å². The lowest BCUT2D eigenvalue weighted by atomic mass is 9.92. The Morgan fingerprint density at radius 2 is 1.65 bits per heavy atom. The van der Waals surface area contributed by atoms with Crippen LogP contribution in [-0.4, -0.2) is 41.1 Å². The monoisotopic (exact) mass is 613 g/mol. The second-order valence-corrected chi connectivity index (χ2v) is 12.2. The standard InChI is InChI=1S/C39H39N3O4/c1-26(2)46-32-19-17-31(18-20-32)39(4)37(43)42(38(44)41-39)21-10-22-45-33-15-9-14-29(24-33)35-30(23-28-12-6-5-7-13-28)25-40-36-27(3)11-8-16-34(35)36/h5-9,11-20,24-26H,10,21-23H2,1-4H3,(H,41,44). The van der Waals surface area contributed by atoms with Crippen LogP contribution in [0.2, 0.25) is 0 Å². The summed E-state index contributed by atoms with van der Waals surface area (Å²) < 4.78 is 11.9. The first-order chi connectivity index (χ1) is 22.2. The number of pyridine rings is 1. The molecule has 5 aromatic rings. The Labute approximate surface area is 270 Å². The highest BCUT2D eigenvalue weighted by atomic mass is 16.5. The number of para-hydroxylation sites is 1. The van der Waals surface area contributed by atoms with E-state index >= 15 is 0 Å². The zero-order chi connectivity index (χ0) is 32.3. The van der Waals surface area contributed by atoms with Crippen molar-refractivity contribution in [3.63, 3.8) is 0 Å². The van der Waals surface area contributed by atoms with Crippen LogP contribution in [0.5, 0.6) is 11.5 Å². The Hall–Kier alpha value is -5.17. The first kappa shape index (κ1) is 30.8. The topological polar surface area (TPSA) is 80.8 Å².